The van der Waals surface area contributed by atoms with Crippen LogP contribution in [-0.4, -0.2) is 11.7 Å². The Morgan fingerprint density at radius 2 is 1.67 bits per heavy atom. The van der Waals surface area contributed by atoms with Crippen LogP contribution in [0.5, 0.6) is 0 Å². The molecule has 15 heavy (non-hydrogen) atoms. The molecular weight excluding hydrogens is 198 g/mol. The molecule has 1 saturated carbocycles. The molecule has 82 valence electrons. The SMILES string of the molecule is CC1(C)CC1(CO)c1cc(F)cc(F)c1. The average molecular weight is 212 g/mol. The van der Waals surface area contributed by atoms with Crippen LogP contribution in [0.25, 0.3) is 0 Å². The van der Waals surface area contributed by atoms with Crippen LogP contribution >= 0.6 is 0 Å². The number of aliphatic hydroxyl groups is 1. The molecule has 0 aliphatic heterocycles. The Balaban J connectivity index is 2.46. The molecule has 1 N–H and O–H groups in total. The topological polar surface area (TPSA) is 20.2 Å². The normalized spacial score (nSPS) is 27.8. The monoisotopic (exact) mass is 212 g/mol. The van der Waals surface area contributed by atoms with Gasteiger partial charge in [-0.05, 0) is 29.5 Å². The first-order chi connectivity index (χ1) is 6.91. The van der Waals surface area contributed by atoms with Crippen molar-refractivity contribution >= 4 is 0 Å². The maximum Gasteiger partial charge on any atom is 0.126 e. The van der Waals surface area contributed by atoms with Crippen molar-refractivity contribution in [3.8, 4) is 0 Å². The minimum Gasteiger partial charge on any atom is -0.395 e. The molecule has 2 rings (SSSR count). The Labute approximate surface area is 87.7 Å². The van der Waals surface area contributed by atoms with Gasteiger partial charge < -0.3 is 5.11 Å². The van der Waals surface area contributed by atoms with E-state index in [-0.39, 0.29) is 12.0 Å². The Morgan fingerprint density at radius 3 is 2.00 bits per heavy atom. The summed E-state index contributed by atoms with van der Waals surface area (Å²) in [6.07, 6.45) is 0.763. The van der Waals surface area contributed by atoms with Crippen molar-refractivity contribution in [3.05, 3.63) is 35.4 Å². The number of hydrogen-bond donors (Lipinski definition) is 1. The van der Waals surface area contributed by atoms with Gasteiger partial charge in [-0.1, -0.05) is 13.8 Å². The van der Waals surface area contributed by atoms with E-state index in [1.54, 1.807) is 0 Å². The maximum absolute atomic E-state index is 13.1. The summed E-state index contributed by atoms with van der Waals surface area (Å²) in [5.41, 5.74) is 0.0188. The van der Waals surface area contributed by atoms with Crippen molar-refractivity contribution in [1.29, 1.82) is 0 Å². The Kier molecular flexibility index (Phi) is 2.12. The molecule has 3 heteroatoms. The van der Waals surface area contributed by atoms with Crippen LogP contribution in [0.3, 0.4) is 0 Å². The highest BCUT2D eigenvalue weighted by atomic mass is 19.1. The van der Waals surface area contributed by atoms with Crippen LogP contribution in [0.2, 0.25) is 0 Å². The third-order valence-corrected chi connectivity index (χ3v) is 3.60. The van der Waals surface area contributed by atoms with Gasteiger partial charge in [0.15, 0.2) is 0 Å². The summed E-state index contributed by atoms with van der Waals surface area (Å²) in [6, 6.07) is 3.48. The van der Waals surface area contributed by atoms with E-state index >= 15 is 0 Å². The first-order valence-electron chi connectivity index (χ1n) is 4.99. The van der Waals surface area contributed by atoms with Gasteiger partial charge in [-0.15, -0.1) is 0 Å². The molecule has 0 radical (unpaired) electrons. The van der Waals surface area contributed by atoms with E-state index in [1.165, 1.54) is 12.1 Å². The molecule has 1 atom stereocenters. The predicted octanol–water partition coefficient (Wildman–Crippen LogP) is 2.62. The number of halogens is 2. The molecule has 1 aliphatic carbocycles. The van der Waals surface area contributed by atoms with Crippen LogP contribution < -0.4 is 0 Å². The van der Waals surface area contributed by atoms with Crippen molar-refractivity contribution in [2.24, 2.45) is 5.41 Å². The minimum atomic E-state index is -0.583. The first kappa shape index (κ1) is 10.6. The predicted molar refractivity (Wildman–Crippen MR) is 53.5 cm³/mol. The van der Waals surface area contributed by atoms with Gasteiger partial charge in [0, 0.05) is 11.5 Å². The van der Waals surface area contributed by atoms with Crippen molar-refractivity contribution in [3.63, 3.8) is 0 Å². The van der Waals surface area contributed by atoms with Crippen molar-refractivity contribution in [2.75, 3.05) is 6.61 Å². The number of hydrogen-bond acceptors (Lipinski definition) is 1. The molecule has 0 saturated heterocycles. The average Bonchev–Trinajstić information content (AvgIpc) is 2.68. The van der Waals surface area contributed by atoms with Gasteiger partial charge >= 0.3 is 0 Å². The van der Waals surface area contributed by atoms with Crippen LogP contribution in [0, 0.1) is 17.0 Å². The molecule has 1 aromatic carbocycles. The molecule has 1 aliphatic rings. The standard InChI is InChI=1S/C12H14F2O/c1-11(2)6-12(11,7-15)8-3-9(13)5-10(14)4-8/h3-5,15H,6-7H2,1-2H3. The fraction of sp³-hybridized carbons (Fsp3) is 0.500. The highest BCUT2D eigenvalue weighted by molar-refractivity contribution is 5.37. The van der Waals surface area contributed by atoms with E-state index < -0.39 is 17.0 Å². The highest BCUT2D eigenvalue weighted by Gasteiger charge is 2.61. The van der Waals surface area contributed by atoms with Gasteiger partial charge in [0.2, 0.25) is 0 Å². The Hall–Kier alpha value is -0.960. The molecule has 1 aromatic rings. The molecule has 1 fully saturated rings. The summed E-state index contributed by atoms with van der Waals surface area (Å²) >= 11 is 0. The van der Waals surface area contributed by atoms with Gasteiger partial charge in [-0.3, -0.25) is 0 Å². The molecule has 0 heterocycles. The number of rotatable bonds is 2. The highest BCUT2D eigenvalue weighted by Crippen LogP contribution is 2.63. The van der Waals surface area contributed by atoms with Crippen molar-refractivity contribution in [1.82, 2.24) is 0 Å². The largest absolute Gasteiger partial charge is 0.395 e. The first-order valence-corrected chi connectivity index (χ1v) is 4.99. The van der Waals surface area contributed by atoms with E-state index in [9.17, 15) is 13.9 Å². The third kappa shape index (κ3) is 1.46. The molecule has 0 amide bonds. The van der Waals surface area contributed by atoms with E-state index in [0.29, 0.717) is 5.56 Å². The lowest BCUT2D eigenvalue weighted by Gasteiger charge is -2.18. The van der Waals surface area contributed by atoms with Crippen LogP contribution in [0.4, 0.5) is 8.78 Å². The summed E-state index contributed by atoms with van der Waals surface area (Å²) in [5, 5.41) is 9.38. The van der Waals surface area contributed by atoms with Gasteiger partial charge in [-0.25, -0.2) is 8.78 Å². The van der Waals surface area contributed by atoms with Crippen LogP contribution in [0.15, 0.2) is 18.2 Å². The lowest BCUT2D eigenvalue weighted by Crippen LogP contribution is -2.19. The molecular formula is C12H14F2O. The lowest BCUT2D eigenvalue weighted by atomic mass is 9.88. The molecule has 1 nitrogen and oxygen atoms in total. The van der Waals surface area contributed by atoms with E-state index in [1.807, 2.05) is 13.8 Å². The fourth-order valence-electron chi connectivity index (χ4n) is 2.39. The van der Waals surface area contributed by atoms with Crippen LogP contribution in [-0.2, 0) is 5.41 Å². The second-order valence-corrected chi connectivity index (χ2v) is 4.96. The van der Waals surface area contributed by atoms with Gasteiger partial charge in [0.05, 0.1) is 6.61 Å². The van der Waals surface area contributed by atoms with Crippen LogP contribution in [0.1, 0.15) is 25.8 Å². The number of aliphatic hydroxyl groups excluding tert-OH is 1. The number of benzene rings is 1. The quantitative estimate of drug-likeness (QED) is 0.799. The van der Waals surface area contributed by atoms with Gasteiger partial charge in [0.1, 0.15) is 11.6 Å². The minimum absolute atomic E-state index is 0.0666. The van der Waals surface area contributed by atoms with Crippen molar-refractivity contribution in [2.45, 2.75) is 25.7 Å². The zero-order valence-electron chi connectivity index (χ0n) is 8.85. The maximum atomic E-state index is 13.1. The Morgan fingerprint density at radius 1 is 1.20 bits per heavy atom. The van der Waals surface area contributed by atoms with E-state index in [4.69, 9.17) is 0 Å². The second-order valence-electron chi connectivity index (χ2n) is 4.96. The Bertz CT molecular complexity index is 380. The second kappa shape index (κ2) is 3.01. The summed E-state index contributed by atoms with van der Waals surface area (Å²) in [4.78, 5) is 0. The smallest absolute Gasteiger partial charge is 0.126 e. The van der Waals surface area contributed by atoms with Crippen molar-refractivity contribution < 1.29 is 13.9 Å². The molecule has 1 unspecified atom stereocenters. The zero-order valence-corrected chi connectivity index (χ0v) is 8.85. The summed E-state index contributed by atoms with van der Waals surface area (Å²) in [6.45, 7) is 3.92. The molecule has 0 aromatic heterocycles. The van der Waals surface area contributed by atoms with Gasteiger partial charge in [0.25, 0.3) is 0 Å². The summed E-state index contributed by atoms with van der Waals surface area (Å²) < 4.78 is 26.1. The van der Waals surface area contributed by atoms with Gasteiger partial charge in [-0.2, -0.15) is 0 Å². The van der Waals surface area contributed by atoms with E-state index in [2.05, 4.69) is 0 Å². The van der Waals surface area contributed by atoms with E-state index in [0.717, 1.165) is 12.5 Å². The molecule has 0 spiro atoms. The third-order valence-electron chi connectivity index (χ3n) is 3.60. The summed E-state index contributed by atoms with van der Waals surface area (Å²) in [5.74, 6) is -1.17. The lowest BCUT2D eigenvalue weighted by molar-refractivity contribution is 0.231. The molecule has 0 bridgehead atoms. The summed E-state index contributed by atoms with van der Waals surface area (Å²) in [7, 11) is 0. The zero-order chi connectivity index (χ0) is 11.3. The fourth-order valence-corrected chi connectivity index (χ4v) is 2.39.